The molecule has 0 unspecified atom stereocenters. The van der Waals surface area contributed by atoms with E-state index in [0.717, 1.165) is 10.2 Å². The Balaban J connectivity index is 1.66. The molecule has 0 aliphatic carbocycles. The second-order valence-electron chi connectivity index (χ2n) is 6.04. The van der Waals surface area contributed by atoms with Crippen molar-refractivity contribution in [3.8, 4) is 5.75 Å². The van der Waals surface area contributed by atoms with E-state index in [-0.39, 0.29) is 12.3 Å². The summed E-state index contributed by atoms with van der Waals surface area (Å²) in [4.78, 5) is 26.2. The number of hydrogen-bond acceptors (Lipinski definition) is 4. The highest BCUT2D eigenvalue weighted by Crippen LogP contribution is 2.25. The van der Waals surface area contributed by atoms with Gasteiger partial charge in [0.15, 0.2) is 11.5 Å². The number of hydrogen-bond donors (Lipinski definition) is 1. The Labute approximate surface area is 172 Å². The first-order chi connectivity index (χ1) is 13.5. The molecule has 0 fully saturated rings. The summed E-state index contributed by atoms with van der Waals surface area (Å²) in [6, 6.07) is 23.4. The van der Waals surface area contributed by atoms with Crippen molar-refractivity contribution in [3.63, 3.8) is 0 Å². The number of halogens is 1. The lowest BCUT2D eigenvalue weighted by molar-refractivity contribution is 0.101. The highest BCUT2D eigenvalue weighted by Gasteiger charge is 2.15. The fourth-order valence-electron chi connectivity index (χ4n) is 2.53. The zero-order chi connectivity index (χ0) is 19.9. The van der Waals surface area contributed by atoms with Crippen LogP contribution >= 0.6 is 15.9 Å². The van der Waals surface area contributed by atoms with Gasteiger partial charge in [0, 0.05) is 22.8 Å². The Morgan fingerprint density at radius 2 is 1.57 bits per heavy atom. The van der Waals surface area contributed by atoms with Crippen molar-refractivity contribution in [3.05, 3.63) is 88.9 Å². The molecule has 0 bridgehead atoms. The van der Waals surface area contributed by atoms with Crippen LogP contribution in [-0.4, -0.2) is 25.5 Å². The van der Waals surface area contributed by atoms with Crippen molar-refractivity contribution in [1.82, 2.24) is 0 Å². The molecule has 5 nitrogen and oxygen atoms in total. The van der Waals surface area contributed by atoms with Gasteiger partial charge in [-0.05, 0) is 36.4 Å². The molecule has 0 heterocycles. The lowest BCUT2D eigenvalue weighted by Crippen LogP contribution is -2.29. The van der Waals surface area contributed by atoms with Gasteiger partial charge in [0.1, 0.15) is 0 Å². The maximum atomic E-state index is 12.5. The van der Waals surface area contributed by atoms with Crippen LogP contribution in [-0.2, 0) is 0 Å². The third kappa shape index (κ3) is 4.98. The molecular weight excluding hydrogens is 420 g/mol. The largest absolute Gasteiger partial charge is 0.419 e. The minimum atomic E-state index is -0.514. The van der Waals surface area contributed by atoms with Crippen LogP contribution in [0, 0.1) is 0 Å². The van der Waals surface area contributed by atoms with Gasteiger partial charge in [0.05, 0.1) is 12.2 Å². The summed E-state index contributed by atoms with van der Waals surface area (Å²) in [5.41, 5.74) is 1.90. The molecule has 0 spiro atoms. The summed E-state index contributed by atoms with van der Waals surface area (Å²) in [5.74, 6) is 0.300. The zero-order valence-electron chi connectivity index (χ0n) is 15.3. The van der Waals surface area contributed by atoms with Gasteiger partial charge in [-0.2, -0.15) is 0 Å². The molecule has 0 saturated carbocycles. The summed E-state index contributed by atoms with van der Waals surface area (Å²) in [6.45, 7) is 0.0880. The van der Waals surface area contributed by atoms with Crippen LogP contribution in [0.5, 0.6) is 5.75 Å². The predicted molar refractivity (Wildman–Crippen MR) is 114 cm³/mol. The zero-order valence-corrected chi connectivity index (χ0v) is 16.8. The molecule has 6 heteroatoms. The first-order valence-corrected chi connectivity index (χ1v) is 9.46. The van der Waals surface area contributed by atoms with Crippen LogP contribution in [0.4, 0.5) is 16.2 Å². The molecule has 1 amide bonds. The Morgan fingerprint density at radius 1 is 0.929 bits per heavy atom. The SMILES string of the molecule is CN(C(=O)Oc1ccccc1NCC(=O)c1ccc(Br)cc1)c1ccccc1. The Morgan fingerprint density at radius 3 is 2.29 bits per heavy atom. The first-order valence-electron chi connectivity index (χ1n) is 8.67. The molecule has 0 aromatic heterocycles. The van der Waals surface area contributed by atoms with E-state index >= 15 is 0 Å². The van der Waals surface area contributed by atoms with E-state index in [0.29, 0.717) is 17.0 Å². The number of nitrogens with zero attached hydrogens (tertiary/aromatic N) is 1. The lowest BCUT2D eigenvalue weighted by Gasteiger charge is -2.18. The quantitative estimate of drug-likeness (QED) is 0.524. The molecule has 3 aromatic carbocycles. The molecule has 0 aliphatic rings. The molecule has 1 N–H and O–H groups in total. The third-order valence-electron chi connectivity index (χ3n) is 4.11. The standard InChI is InChI=1S/C22H19BrN2O3/c1-25(18-7-3-2-4-8-18)22(27)28-21-10-6-5-9-19(21)24-15-20(26)16-11-13-17(23)14-12-16/h2-14,24H,15H2,1H3. The van der Waals surface area contributed by atoms with E-state index < -0.39 is 6.09 Å². The van der Waals surface area contributed by atoms with E-state index in [2.05, 4.69) is 21.2 Å². The summed E-state index contributed by atoms with van der Waals surface area (Å²) in [7, 11) is 1.64. The minimum Gasteiger partial charge on any atom is -0.408 e. The summed E-state index contributed by atoms with van der Waals surface area (Å²) < 4.78 is 6.44. The van der Waals surface area contributed by atoms with E-state index in [1.165, 1.54) is 4.90 Å². The molecule has 0 radical (unpaired) electrons. The number of carbonyl (C=O) groups is 2. The number of rotatable bonds is 6. The number of benzene rings is 3. The van der Waals surface area contributed by atoms with Gasteiger partial charge in [-0.1, -0.05) is 58.4 Å². The number of ether oxygens (including phenoxy) is 1. The van der Waals surface area contributed by atoms with Crippen molar-refractivity contribution in [2.24, 2.45) is 0 Å². The van der Waals surface area contributed by atoms with Crippen LogP contribution in [0.3, 0.4) is 0 Å². The second kappa shape index (κ2) is 9.19. The molecule has 0 aliphatic heterocycles. The average molecular weight is 439 g/mol. The number of ketones is 1. The Kier molecular flexibility index (Phi) is 6.45. The monoisotopic (exact) mass is 438 g/mol. The smallest absolute Gasteiger partial charge is 0.408 e. The number of nitrogens with one attached hydrogen (secondary N) is 1. The van der Waals surface area contributed by atoms with Gasteiger partial charge in [0.25, 0.3) is 0 Å². The van der Waals surface area contributed by atoms with E-state index in [4.69, 9.17) is 4.74 Å². The van der Waals surface area contributed by atoms with Gasteiger partial charge in [0.2, 0.25) is 0 Å². The minimum absolute atomic E-state index is 0.0602. The Bertz CT molecular complexity index is 959. The summed E-state index contributed by atoms with van der Waals surface area (Å²) in [6.07, 6.45) is -0.514. The molecule has 0 atom stereocenters. The van der Waals surface area contributed by atoms with Crippen molar-refractivity contribution in [2.45, 2.75) is 0 Å². The fourth-order valence-corrected chi connectivity index (χ4v) is 2.80. The molecule has 28 heavy (non-hydrogen) atoms. The van der Waals surface area contributed by atoms with Crippen molar-refractivity contribution < 1.29 is 14.3 Å². The van der Waals surface area contributed by atoms with Gasteiger partial charge in [-0.15, -0.1) is 0 Å². The predicted octanol–water partition coefficient (Wildman–Crippen LogP) is 5.38. The van der Waals surface area contributed by atoms with Crippen LogP contribution in [0.2, 0.25) is 0 Å². The van der Waals surface area contributed by atoms with Gasteiger partial charge in [-0.25, -0.2) is 4.79 Å². The molecule has 3 aromatic rings. The number of Topliss-reactive ketones (excluding diaryl/α,β-unsaturated/α-hetero) is 1. The number of carbonyl (C=O) groups excluding carboxylic acids is 2. The number of anilines is 2. The average Bonchev–Trinajstić information content (AvgIpc) is 2.73. The summed E-state index contributed by atoms with van der Waals surface area (Å²) in [5, 5.41) is 3.05. The maximum absolute atomic E-state index is 12.5. The normalized spacial score (nSPS) is 10.2. The van der Waals surface area contributed by atoms with Crippen molar-refractivity contribution in [2.75, 3.05) is 23.8 Å². The first kappa shape index (κ1) is 19.6. The van der Waals surface area contributed by atoms with Crippen molar-refractivity contribution in [1.29, 1.82) is 0 Å². The highest BCUT2D eigenvalue weighted by atomic mass is 79.9. The maximum Gasteiger partial charge on any atom is 0.419 e. The van der Waals surface area contributed by atoms with Crippen LogP contribution < -0.4 is 15.0 Å². The summed E-state index contributed by atoms with van der Waals surface area (Å²) >= 11 is 3.35. The van der Waals surface area contributed by atoms with E-state index in [9.17, 15) is 9.59 Å². The van der Waals surface area contributed by atoms with Gasteiger partial charge in [-0.3, -0.25) is 9.69 Å². The second-order valence-corrected chi connectivity index (χ2v) is 6.96. The van der Waals surface area contributed by atoms with Gasteiger partial charge < -0.3 is 10.1 Å². The molecular formula is C22H19BrN2O3. The van der Waals surface area contributed by atoms with Gasteiger partial charge >= 0.3 is 6.09 Å². The highest BCUT2D eigenvalue weighted by molar-refractivity contribution is 9.10. The van der Waals surface area contributed by atoms with Crippen LogP contribution in [0.25, 0.3) is 0 Å². The van der Waals surface area contributed by atoms with E-state index in [1.807, 2.05) is 48.5 Å². The topological polar surface area (TPSA) is 58.6 Å². The Hall–Kier alpha value is -3.12. The van der Waals surface area contributed by atoms with E-state index in [1.54, 1.807) is 37.4 Å². The number of para-hydroxylation sites is 3. The molecule has 142 valence electrons. The fraction of sp³-hybridized carbons (Fsp3) is 0.0909. The molecule has 0 saturated heterocycles. The van der Waals surface area contributed by atoms with Crippen LogP contribution in [0.1, 0.15) is 10.4 Å². The third-order valence-corrected chi connectivity index (χ3v) is 4.64. The lowest BCUT2D eigenvalue weighted by atomic mass is 10.1. The molecule has 3 rings (SSSR count). The van der Waals surface area contributed by atoms with Crippen LogP contribution in [0.15, 0.2) is 83.3 Å². The van der Waals surface area contributed by atoms with Crippen molar-refractivity contribution >= 4 is 39.2 Å². The number of amides is 1.